The second kappa shape index (κ2) is 7.62. The van der Waals surface area contributed by atoms with Crippen LogP contribution in [0.25, 0.3) is 12.2 Å². The molecule has 28 heavy (non-hydrogen) atoms. The number of fused-ring (bicyclic) bond motifs is 1. The van der Waals surface area contributed by atoms with Crippen molar-refractivity contribution in [2.75, 3.05) is 18.0 Å². The summed E-state index contributed by atoms with van der Waals surface area (Å²) in [4.78, 5) is 24.6. The molecular weight excluding hydrogens is 350 g/mol. The van der Waals surface area contributed by atoms with Crippen molar-refractivity contribution in [3.63, 3.8) is 0 Å². The summed E-state index contributed by atoms with van der Waals surface area (Å²) in [5.74, 6) is 0.101. The quantitative estimate of drug-likeness (QED) is 0.741. The molecule has 0 atom stereocenters. The van der Waals surface area contributed by atoms with Crippen LogP contribution in [0.3, 0.4) is 0 Å². The first-order chi connectivity index (χ1) is 13.3. The van der Waals surface area contributed by atoms with Crippen LogP contribution >= 0.6 is 0 Å². The van der Waals surface area contributed by atoms with Crippen molar-refractivity contribution in [1.82, 2.24) is 14.6 Å². The summed E-state index contributed by atoms with van der Waals surface area (Å²) in [6.07, 6.45) is 0. The number of benzene rings is 1. The molecule has 0 radical (unpaired) electrons. The van der Waals surface area contributed by atoms with E-state index in [9.17, 15) is 4.79 Å². The Bertz CT molecular complexity index is 1180. The summed E-state index contributed by atoms with van der Waals surface area (Å²) in [6, 6.07) is 6.24. The summed E-state index contributed by atoms with van der Waals surface area (Å²) in [6.45, 7) is 18.2. The van der Waals surface area contributed by atoms with Gasteiger partial charge in [-0.05, 0) is 57.4 Å². The Morgan fingerprint density at radius 3 is 2.50 bits per heavy atom. The predicted molar refractivity (Wildman–Crippen MR) is 115 cm³/mol. The van der Waals surface area contributed by atoms with E-state index in [0.717, 1.165) is 30.0 Å². The van der Waals surface area contributed by atoms with E-state index in [1.54, 1.807) is 0 Å². The fourth-order valence-corrected chi connectivity index (χ4v) is 3.68. The smallest absolute Gasteiger partial charge is 0.276 e. The Kier molecular flexibility index (Phi) is 5.40. The van der Waals surface area contributed by atoms with Gasteiger partial charge in [-0.3, -0.25) is 9.89 Å². The van der Waals surface area contributed by atoms with Gasteiger partial charge in [-0.15, -0.1) is 0 Å². The van der Waals surface area contributed by atoms with Crippen LogP contribution in [0.4, 0.5) is 11.4 Å². The summed E-state index contributed by atoms with van der Waals surface area (Å²) in [7, 11) is 0. The van der Waals surface area contributed by atoms with Gasteiger partial charge in [0.2, 0.25) is 0 Å². The second-order valence-electron chi connectivity index (χ2n) is 7.42. The van der Waals surface area contributed by atoms with Gasteiger partial charge in [0.15, 0.2) is 5.65 Å². The van der Waals surface area contributed by atoms with Crippen molar-refractivity contribution in [1.29, 1.82) is 0 Å². The Hall–Kier alpha value is -2.89. The molecular formula is C22H29N5O. The monoisotopic (exact) mass is 379 g/mol. The minimum atomic E-state index is -0.0857. The lowest BCUT2D eigenvalue weighted by atomic mass is 10.0. The molecule has 6 heteroatoms. The summed E-state index contributed by atoms with van der Waals surface area (Å²) < 4.78 is 1.46. The number of aromatic amines is 1. The molecule has 0 aliphatic heterocycles. The zero-order chi connectivity index (χ0) is 20.6. The third-order valence-corrected chi connectivity index (χ3v) is 5.17. The van der Waals surface area contributed by atoms with Gasteiger partial charge in [0.1, 0.15) is 5.36 Å². The van der Waals surface area contributed by atoms with Crippen LogP contribution in [0.5, 0.6) is 0 Å². The lowest BCUT2D eigenvalue weighted by molar-refractivity contribution is 0.777. The molecule has 0 aliphatic rings. The van der Waals surface area contributed by atoms with E-state index < -0.39 is 0 Å². The van der Waals surface area contributed by atoms with Crippen molar-refractivity contribution in [3.05, 3.63) is 56.1 Å². The number of H-pyrrole nitrogens is 1. The molecule has 0 bridgehead atoms. The zero-order valence-electron chi connectivity index (χ0n) is 17.6. The molecule has 6 nitrogen and oxygen atoms in total. The number of aromatic nitrogens is 3. The van der Waals surface area contributed by atoms with Crippen LogP contribution in [0.1, 0.15) is 50.4 Å². The van der Waals surface area contributed by atoms with Gasteiger partial charge >= 0.3 is 0 Å². The average molecular weight is 380 g/mol. The Morgan fingerprint density at radius 1 is 1.25 bits per heavy atom. The van der Waals surface area contributed by atoms with Crippen molar-refractivity contribution < 1.29 is 0 Å². The van der Waals surface area contributed by atoms with E-state index in [-0.39, 0.29) is 11.5 Å². The number of aryl methyl sites for hydroxylation is 2. The molecule has 1 N–H and O–H groups in total. The van der Waals surface area contributed by atoms with E-state index in [0.29, 0.717) is 21.9 Å². The molecule has 0 amide bonds. The normalized spacial score (nSPS) is 12.3. The fraction of sp³-hybridized carbons (Fsp3) is 0.409. The van der Waals surface area contributed by atoms with E-state index in [4.69, 9.17) is 4.99 Å². The fourth-order valence-electron chi connectivity index (χ4n) is 3.68. The van der Waals surface area contributed by atoms with Gasteiger partial charge in [0.25, 0.3) is 5.56 Å². The van der Waals surface area contributed by atoms with Gasteiger partial charge in [0.05, 0.1) is 11.0 Å². The van der Waals surface area contributed by atoms with Crippen LogP contribution in [-0.2, 0) is 0 Å². The van der Waals surface area contributed by atoms with Crippen molar-refractivity contribution in [2.24, 2.45) is 4.99 Å². The van der Waals surface area contributed by atoms with Gasteiger partial charge < -0.3 is 4.90 Å². The predicted octanol–water partition coefficient (Wildman–Crippen LogP) is 2.97. The van der Waals surface area contributed by atoms with Gasteiger partial charge in [-0.25, -0.2) is 9.98 Å². The SMILES string of the molecule is C=c1[nH]n2c(=O)c(C(C)C)c(C)nc2c1=Nc1ccc(N(CC)CC)cc1C. The highest BCUT2D eigenvalue weighted by Crippen LogP contribution is 2.24. The number of rotatable bonds is 5. The Morgan fingerprint density at radius 2 is 1.93 bits per heavy atom. The summed E-state index contributed by atoms with van der Waals surface area (Å²) in [5, 5.41) is 4.22. The van der Waals surface area contributed by atoms with Crippen molar-refractivity contribution in [3.8, 4) is 0 Å². The maximum Gasteiger partial charge on any atom is 0.276 e. The van der Waals surface area contributed by atoms with Gasteiger partial charge in [-0.1, -0.05) is 20.4 Å². The third kappa shape index (κ3) is 3.35. The molecule has 0 fully saturated rings. The molecule has 3 aromatic rings. The third-order valence-electron chi connectivity index (χ3n) is 5.17. The summed E-state index contributed by atoms with van der Waals surface area (Å²) >= 11 is 0. The van der Waals surface area contributed by atoms with Crippen LogP contribution in [-0.4, -0.2) is 27.7 Å². The topological polar surface area (TPSA) is 65.8 Å². The lowest BCUT2D eigenvalue weighted by Gasteiger charge is -2.21. The lowest BCUT2D eigenvalue weighted by Crippen LogP contribution is -2.24. The Balaban J connectivity index is 2.22. The van der Waals surface area contributed by atoms with E-state index >= 15 is 0 Å². The van der Waals surface area contributed by atoms with Crippen molar-refractivity contribution in [2.45, 2.75) is 47.5 Å². The molecule has 0 aliphatic carbocycles. The number of nitrogens with zero attached hydrogens (tertiary/aromatic N) is 4. The first kappa shape index (κ1) is 19.9. The van der Waals surface area contributed by atoms with E-state index in [1.165, 1.54) is 10.2 Å². The van der Waals surface area contributed by atoms with E-state index in [2.05, 4.69) is 47.5 Å². The van der Waals surface area contributed by atoms with E-state index in [1.807, 2.05) is 33.8 Å². The van der Waals surface area contributed by atoms with Gasteiger partial charge in [-0.2, -0.15) is 4.52 Å². The first-order valence-electron chi connectivity index (χ1n) is 9.82. The molecule has 2 heterocycles. The minimum absolute atomic E-state index is 0.0857. The molecule has 0 saturated heterocycles. The second-order valence-corrected chi connectivity index (χ2v) is 7.42. The number of anilines is 1. The molecule has 2 aromatic heterocycles. The van der Waals surface area contributed by atoms with Gasteiger partial charge in [0, 0.05) is 30.0 Å². The Labute approximate surface area is 165 Å². The molecule has 148 valence electrons. The highest BCUT2D eigenvalue weighted by Gasteiger charge is 2.15. The number of hydrogen-bond acceptors (Lipinski definition) is 4. The average Bonchev–Trinajstić information content (AvgIpc) is 2.94. The maximum atomic E-state index is 12.9. The largest absolute Gasteiger partial charge is 0.372 e. The molecule has 1 aromatic carbocycles. The molecule has 0 unspecified atom stereocenters. The van der Waals surface area contributed by atoms with Crippen LogP contribution in [0.15, 0.2) is 28.0 Å². The number of hydrogen-bond donors (Lipinski definition) is 1. The highest BCUT2D eigenvalue weighted by atomic mass is 16.1. The standard InChI is InChI=1S/C22H29N5O/c1-8-26(9-2)17-10-11-18(14(5)12-17)24-20-16(7)25-27-21(20)23-15(6)19(13(3)4)22(27)28/h10-13,25H,7-9H2,1-6H3. The maximum absolute atomic E-state index is 12.9. The molecule has 0 saturated carbocycles. The first-order valence-corrected chi connectivity index (χ1v) is 9.82. The molecule has 0 spiro atoms. The van der Waals surface area contributed by atoms with Crippen LogP contribution in [0, 0.1) is 13.8 Å². The van der Waals surface area contributed by atoms with Crippen LogP contribution in [0.2, 0.25) is 0 Å². The zero-order valence-corrected chi connectivity index (χ0v) is 17.6. The van der Waals surface area contributed by atoms with Crippen molar-refractivity contribution >= 4 is 23.6 Å². The summed E-state index contributed by atoms with van der Waals surface area (Å²) in [5.41, 5.74) is 4.99. The molecule has 3 rings (SSSR count). The van der Waals surface area contributed by atoms with Crippen LogP contribution < -0.4 is 21.2 Å². The minimum Gasteiger partial charge on any atom is -0.372 e. The number of nitrogens with one attached hydrogen (secondary N) is 1. The highest BCUT2D eigenvalue weighted by molar-refractivity contribution is 5.58.